The second kappa shape index (κ2) is 7.02. The van der Waals surface area contributed by atoms with Gasteiger partial charge < -0.3 is 19.5 Å². The second-order valence-corrected chi connectivity index (χ2v) is 6.03. The SMILES string of the molecule is CCNC(CC(C)OC)C1CCOC2(CCOC2)C1. The van der Waals surface area contributed by atoms with E-state index < -0.39 is 0 Å². The highest BCUT2D eigenvalue weighted by Gasteiger charge is 2.42. The van der Waals surface area contributed by atoms with E-state index in [1.165, 1.54) is 0 Å². The van der Waals surface area contributed by atoms with Gasteiger partial charge in [0.2, 0.25) is 0 Å². The number of nitrogens with one attached hydrogen (secondary N) is 1. The molecule has 4 heteroatoms. The summed E-state index contributed by atoms with van der Waals surface area (Å²) >= 11 is 0. The molecule has 2 saturated heterocycles. The zero-order valence-corrected chi connectivity index (χ0v) is 12.6. The lowest BCUT2D eigenvalue weighted by Crippen LogP contribution is -2.48. The minimum Gasteiger partial charge on any atom is -0.382 e. The molecule has 0 aromatic rings. The van der Waals surface area contributed by atoms with Crippen LogP contribution in [0.1, 0.15) is 39.5 Å². The third-order valence-electron chi connectivity index (χ3n) is 4.62. The normalized spacial score (nSPS) is 34.6. The molecular formula is C15H29NO3. The standard InChI is InChI=1S/C15H29NO3/c1-4-16-14(9-12(2)17-3)13-5-7-19-15(10-13)6-8-18-11-15/h12-14,16H,4-11H2,1-3H3. The van der Waals surface area contributed by atoms with E-state index in [-0.39, 0.29) is 5.60 Å². The van der Waals surface area contributed by atoms with Gasteiger partial charge in [-0.05, 0) is 38.6 Å². The summed E-state index contributed by atoms with van der Waals surface area (Å²) < 4.78 is 17.0. The highest BCUT2D eigenvalue weighted by molar-refractivity contribution is 4.94. The van der Waals surface area contributed by atoms with Crippen LogP contribution in [0, 0.1) is 5.92 Å². The Kier molecular flexibility index (Phi) is 5.63. The second-order valence-electron chi connectivity index (χ2n) is 6.03. The number of methoxy groups -OCH3 is 1. The van der Waals surface area contributed by atoms with Crippen LogP contribution >= 0.6 is 0 Å². The summed E-state index contributed by atoms with van der Waals surface area (Å²) in [6.45, 7) is 7.85. The Hall–Kier alpha value is -0.160. The molecule has 4 nitrogen and oxygen atoms in total. The van der Waals surface area contributed by atoms with Gasteiger partial charge in [0, 0.05) is 32.8 Å². The van der Waals surface area contributed by atoms with Gasteiger partial charge >= 0.3 is 0 Å². The number of rotatable bonds is 6. The van der Waals surface area contributed by atoms with Crippen molar-refractivity contribution in [3.8, 4) is 0 Å². The van der Waals surface area contributed by atoms with Crippen LogP contribution in [0.2, 0.25) is 0 Å². The van der Waals surface area contributed by atoms with Gasteiger partial charge in [-0.1, -0.05) is 6.92 Å². The molecule has 0 bridgehead atoms. The first kappa shape index (κ1) is 15.2. The Labute approximate surface area is 117 Å². The molecule has 2 heterocycles. The van der Waals surface area contributed by atoms with Crippen LogP contribution in [0.25, 0.3) is 0 Å². The molecule has 0 aromatic heterocycles. The summed E-state index contributed by atoms with van der Waals surface area (Å²) in [5.41, 5.74) is 0.00684. The van der Waals surface area contributed by atoms with Crippen molar-refractivity contribution in [1.29, 1.82) is 0 Å². The minimum atomic E-state index is 0.00684. The fraction of sp³-hybridized carbons (Fsp3) is 1.00. The predicted octanol–water partition coefficient (Wildman–Crippen LogP) is 1.98. The van der Waals surface area contributed by atoms with E-state index in [9.17, 15) is 0 Å². The lowest BCUT2D eigenvalue weighted by Gasteiger charge is -2.41. The number of hydrogen-bond acceptors (Lipinski definition) is 4. The smallest absolute Gasteiger partial charge is 0.0939 e. The van der Waals surface area contributed by atoms with E-state index >= 15 is 0 Å². The highest BCUT2D eigenvalue weighted by Crippen LogP contribution is 2.37. The summed E-state index contributed by atoms with van der Waals surface area (Å²) in [7, 11) is 1.80. The molecule has 2 fully saturated rings. The van der Waals surface area contributed by atoms with Crippen LogP contribution in [-0.2, 0) is 14.2 Å². The molecule has 0 aromatic carbocycles. The molecule has 2 aliphatic rings. The van der Waals surface area contributed by atoms with Gasteiger partial charge in [0.1, 0.15) is 0 Å². The average molecular weight is 271 g/mol. The van der Waals surface area contributed by atoms with Crippen molar-refractivity contribution < 1.29 is 14.2 Å². The monoisotopic (exact) mass is 271 g/mol. The molecule has 19 heavy (non-hydrogen) atoms. The first-order valence-corrected chi connectivity index (χ1v) is 7.67. The molecule has 1 N–H and O–H groups in total. The van der Waals surface area contributed by atoms with E-state index in [1.54, 1.807) is 7.11 Å². The summed E-state index contributed by atoms with van der Waals surface area (Å²) in [4.78, 5) is 0. The van der Waals surface area contributed by atoms with Crippen molar-refractivity contribution in [2.75, 3.05) is 33.5 Å². The molecule has 112 valence electrons. The highest BCUT2D eigenvalue weighted by atomic mass is 16.6. The Bertz CT molecular complexity index is 266. The van der Waals surface area contributed by atoms with Crippen LogP contribution < -0.4 is 5.32 Å². The van der Waals surface area contributed by atoms with E-state index in [0.29, 0.717) is 18.1 Å². The third-order valence-corrected chi connectivity index (χ3v) is 4.62. The van der Waals surface area contributed by atoms with E-state index in [2.05, 4.69) is 19.2 Å². The Morgan fingerprint density at radius 1 is 1.42 bits per heavy atom. The maximum Gasteiger partial charge on any atom is 0.0939 e. The molecule has 2 rings (SSSR count). The summed E-state index contributed by atoms with van der Waals surface area (Å²) in [6, 6.07) is 0.529. The zero-order valence-electron chi connectivity index (χ0n) is 12.6. The molecule has 4 atom stereocenters. The quantitative estimate of drug-likeness (QED) is 0.802. The predicted molar refractivity (Wildman–Crippen MR) is 75.4 cm³/mol. The van der Waals surface area contributed by atoms with E-state index in [1.807, 2.05) is 0 Å². The van der Waals surface area contributed by atoms with E-state index in [0.717, 1.165) is 52.0 Å². The summed E-state index contributed by atoms with van der Waals surface area (Å²) in [5.74, 6) is 0.674. The van der Waals surface area contributed by atoms with Gasteiger partial charge in [-0.25, -0.2) is 0 Å². The third kappa shape index (κ3) is 3.91. The average Bonchev–Trinajstić information content (AvgIpc) is 2.86. The fourth-order valence-corrected chi connectivity index (χ4v) is 3.43. The maximum absolute atomic E-state index is 6.03. The van der Waals surface area contributed by atoms with Gasteiger partial charge in [-0.15, -0.1) is 0 Å². The van der Waals surface area contributed by atoms with Crippen LogP contribution in [-0.4, -0.2) is 51.2 Å². The van der Waals surface area contributed by atoms with Gasteiger partial charge in [0.05, 0.1) is 18.3 Å². The van der Waals surface area contributed by atoms with Crippen LogP contribution in [0.5, 0.6) is 0 Å². The molecule has 0 saturated carbocycles. The van der Waals surface area contributed by atoms with Crippen molar-refractivity contribution in [1.82, 2.24) is 5.32 Å². The largest absolute Gasteiger partial charge is 0.382 e. The van der Waals surface area contributed by atoms with Gasteiger partial charge in [0.15, 0.2) is 0 Å². The van der Waals surface area contributed by atoms with Crippen LogP contribution in [0.4, 0.5) is 0 Å². The maximum atomic E-state index is 6.03. The van der Waals surface area contributed by atoms with Crippen molar-refractivity contribution in [2.24, 2.45) is 5.92 Å². The summed E-state index contributed by atoms with van der Waals surface area (Å²) in [5, 5.41) is 3.65. The minimum absolute atomic E-state index is 0.00684. The van der Waals surface area contributed by atoms with Crippen LogP contribution in [0.15, 0.2) is 0 Å². The number of ether oxygens (including phenoxy) is 3. The fourth-order valence-electron chi connectivity index (χ4n) is 3.43. The Morgan fingerprint density at radius 3 is 2.89 bits per heavy atom. The molecule has 0 amide bonds. The van der Waals surface area contributed by atoms with Gasteiger partial charge in [0.25, 0.3) is 0 Å². The number of hydrogen-bond donors (Lipinski definition) is 1. The van der Waals surface area contributed by atoms with Gasteiger partial charge in [-0.2, -0.15) is 0 Å². The topological polar surface area (TPSA) is 39.7 Å². The zero-order chi connectivity index (χ0) is 13.7. The summed E-state index contributed by atoms with van der Waals surface area (Å²) in [6.07, 6.45) is 4.72. The molecule has 4 unspecified atom stereocenters. The van der Waals surface area contributed by atoms with E-state index in [4.69, 9.17) is 14.2 Å². The molecular weight excluding hydrogens is 242 g/mol. The molecule has 1 spiro atoms. The lowest BCUT2D eigenvalue weighted by molar-refractivity contribution is -0.105. The molecule has 0 aliphatic carbocycles. The van der Waals surface area contributed by atoms with Gasteiger partial charge in [-0.3, -0.25) is 0 Å². The first-order valence-electron chi connectivity index (χ1n) is 7.67. The van der Waals surface area contributed by atoms with Crippen molar-refractivity contribution in [3.05, 3.63) is 0 Å². The Morgan fingerprint density at radius 2 is 2.26 bits per heavy atom. The molecule has 0 radical (unpaired) electrons. The van der Waals surface area contributed by atoms with Crippen molar-refractivity contribution >= 4 is 0 Å². The first-order chi connectivity index (χ1) is 9.19. The molecule has 2 aliphatic heterocycles. The lowest BCUT2D eigenvalue weighted by atomic mass is 9.79. The van der Waals surface area contributed by atoms with Crippen molar-refractivity contribution in [2.45, 2.75) is 57.3 Å². The van der Waals surface area contributed by atoms with Crippen LogP contribution in [0.3, 0.4) is 0 Å². The Balaban J connectivity index is 1.95. The van der Waals surface area contributed by atoms with Crippen molar-refractivity contribution in [3.63, 3.8) is 0 Å².